The normalized spacial score (nSPS) is 10.5. The fourth-order valence-corrected chi connectivity index (χ4v) is 2.18. The summed E-state index contributed by atoms with van der Waals surface area (Å²) in [5, 5.41) is 7.08. The van der Waals surface area contributed by atoms with Crippen molar-refractivity contribution in [2.75, 3.05) is 19.0 Å². The molecule has 0 spiro atoms. The Kier molecular flexibility index (Phi) is 7.10. The standard InChI is InChI=1S/C18H20ClN3O3/c1-3-9-25-16-8-7-13(10-17(16)24-2)12-20-22-18(23)21-15-6-4-5-14(19)11-15/h4-8,10-12H,3,9H2,1-2H3,(H2,21,22,23)/b20-12-. The highest BCUT2D eigenvalue weighted by molar-refractivity contribution is 6.30. The molecule has 0 heterocycles. The maximum atomic E-state index is 11.8. The van der Waals surface area contributed by atoms with Gasteiger partial charge in [-0.1, -0.05) is 24.6 Å². The van der Waals surface area contributed by atoms with Crippen molar-refractivity contribution < 1.29 is 14.3 Å². The third-order valence-electron chi connectivity index (χ3n) is 3.11. The molecule has 2 N–H and O–H groups in total. The fraction of sp³-hybridized carbons (Fsp3) is 0.222. The van der Waals surface area contributed by atoms with E-state index in [0.29, 0.717) is 28.8 Å². The van der Waals surface area contributed by atoms with Gasteiger partial charge in [0.25, 0.3) is 0 Å². The van der Waals surface area contributed by atoms with Gasteiger partial charge in [-0.05, 0) is 48.4 Å². The first-order valence-electron chi connectivity index (χ1n) is 7.79. The van der Waals surface area contributed by atoms with Crippen molar-refractivity contribution >= 4 is 29.5 Å². The third kappa shape index (κ3) is 6.00. The van der Waals surface area contributed by atoms with Crippen LogP contribution in [0.2, 0.25) is 5.02 Å². The molecule has 0 saturated carbocycles. The molecule has 2 amide bonds. The first-order chi connectivity index (χ1) is 12.1. The quantitative estimate of drug-likeness (QED) is 0.570. The van der Waals surface area contributed by atoms with Crippen LogP contribution in [0, 0.1) is 0 Å². The second-order valence-corrected chi connectivity index (χ2v) is 5.53. The van der Waals surface area contributed by atoms with Crippen molar-refractivity contribution in [3.05, 3.63) is 53.1 Å². The molecular weight excluding hydrogens is 342 g/mol. The van der Waals surface area contributed by atoms with Gasteiger partial charge >= 0.3 is 6.03 Å². The minimum Gasteiger partial charge on any atom is -0.493 e. The summed E-state index contributed by atoms with van der Waals surface area (Å²) in [6, 6.07) is 11.8. The first kappa shape index (κ1) is 18.6. The fourth-order valence-electron chi connectivity index (χ4n) is 1.99. The van der Waals surface area contributed by atoms with E-state index in [1.165, 1.54) is 6.21 Å². The summed E-state index contributed by atoms with van der Waals surface area (Å²) in [5.74, 6) is 1.29. The van der Waals surface area contributed by atoms with Crippen LogP contribution in [0.25, 0.3) is 0 Å². The van der Waals surface area contributed by atoms with E-state index in [1.54, 1.807) is 37.4 Å². The smallest absolute Gasteiger partial charge is 0.339 e. The van der Waals surface area contributed by atoms with Crippen LogP contribution >= 0.6 is 11.6 Å². The zero-order valence-corrected chi connectivity index (χ0v) is 14.8. The van der Waals surface area contributed by atoms with Crippen molar-refractivity contribution in [3.63, 3.8) is 0 Å². The van der Waals surface area contributed by atoms with Gasteiger partial charge < -0.3 is 14.8 Å². The first-order valence-corrected chi connectivity index (χ1v) is 8.16. The van der Waals surface area contributed by atoms with Crippen molar-refractivity contribution in [3.8, 4) is 11.5 Å². The van der Waals surface area contributed by atoms with Gasteiger partial charge in [0.1, 0.15) is 0 Å². The lowest BCUT2D eigenvalue weighted by atomic mass is 10.2. The lowest BCUT2D eigenvalue weighted by Crippen LogP contribution is -2.24. The molecule has 132 valence electrons. The summed E-state index contributed by atoms with van der Waals surface area (Å²) in [4.78, 5) is 11.8. The van der Waals surface area contributed by atoms with Crippen molar-refractivity contribution in [1.29, 1.82) is 0 Å². The van der Waals surface area contributed by atoms with Crippen LogP contribution in [-0.4, -0.2) is 26.0 Å². The van der Waals surface area contributed by atoms with Crippen LogP contribution in [0.3, 0.4) is 0 Å². The lowest BCUT2D eigenvalue weighted by Gasteiger charge is -2.10. The van der Waals surface area contributed by atoms with Gasteiger partial charge in [0, 0.05) is 10.7 Å². The van der Waals surface area contributed by atoms with Gasteiger partial charge in [-0.25, -0.2) is 10.2 Å². The Morgan fingerprint density at radius 2 is 2.08 bits per heavy atom. The van der Waals surface area contributed by atoms with E-state index in [9.17, 15) is 4.79 Å². The molecule has 0 fully saturated rings. The van der Waals surface area contributed by atoms with Crippen molar-refractivity contribution in [2.45, 2.75) is 13.3 Å². The number of benzene rings is 2. The van der Waals surface area contributed by atoms with E-state index < -0.39 is 6.03 Å². The van der Waals surface area contributed by atoms with Gasteiger partial charge in [-0.15, -0.1) is 0 Å². The number of carbonyl (C=O) groups is 1. The summed E-state index contributed by atoms with van der Waals surface area (Å²) in [7, 11) is 1.58. The van der Waals surface area contributed by atoms with E-state index >= 15 is 0 Å². The second-order valence-electron chi connectivity index (χ2n) is 5.09. The van der Waals surface area contributed by atoms with Gasteiger partial charge in [0.15, 0.2) is 11.5 Å². The van der Waals surface area contributed by atoms with Crippen LogP contribution in [0.4, 0.5) is 10.5 Å². The van der Waals surface area contributed by atoms with Gasteiger partial charge in [-0.3, -0.25) is 0 Å². The largest absolute Gasteiger partial charge is 0.493 e. The number of hydrogen-bond acceptors (Lipinski definition) is 4. The number of anilines is 1. The zero-order valence-electron chi connectivity index (χ0n) is 14.1. The monoisotopic (exact) mass is 361 g/mol. The highest BCUT2D eigenvalue weighted by Gasteiger charge is 2.05. The van der Waals surface area contributed by atoms with Crippen LogP contribution < -0.4 is 20.2 Å². The molecule has 0 bridgehead atoms. The maximum Gasteiger partial charge on any atom is 0.339 e. The summed E-state index contributed by atoms with van der Waals surface area (Å²) in [5.41, 5.74) is 3.74. The predicted octanol–water partition coefficient (Wildman–Crippen LogP) is 4.29. The number of ether oxygens (including phenoxy) is 2. The number of nitrogens with one attached hydrogen (secondary N) is 2. The molecule has 0 aliphatic heterocycles. The number of amides is 2. The highest BCUT2D eigenvalue weighted by atomic mass is 35.5. The summed E-state index contributed by atoms with van der Waals surface area (Å²) >= 11 is 5.86. The summed E-state index contributed by atoms with van der Waals surface area (Å²) < 4.78 is 10.9. The maximum absolute atomic E-state index is 11.8. The second kappa shape index (κ2) is 9.54. The van der Waals surface area contributed by atoms with E-state index in [0.717, 1.165) is 12.0 Å². The van der Waals surface area contributed by atoms with Crippen LogP contribution in [0.15, 0.2) is 47.6 Å². The molecule has 6 nitrogen and oxygen atoms in total. The molecule has 7 heteroatoms. The number of nitrogens with zero attached hydrogens (tertiary/aromatic N) is 1. The lowest BCUT2D eigenvalue weighted by molar-refractivity contribution is 0.252. The molecule has 0 unspecified atom stereocenters. The number of hydrazone groups is 1. The van der Waals surface area contributed by atoms with E-state index in [2.05, 4.69) is 15.8 Å². The van der Waals surface area contributed by atoms with E-state index in [4.69, 9.17) is 21.1 Å². The minimum atomic E-state index is -0.464. The molecular formula is C18H20ClN3O3. The van der Waals surface area contributed by atoms with Gasteiger partial charge in [0.2, 0.25) is 0 Å². The Bertz CT molecular complexity index is 750. The number of methoxy groups -OCH3 is 1. The molecule has 0 saturated heterocycles. The molecule has 0 radical (unpaired) electrons. The highest BCUT2D eigenvalue weighted by Crippen LogP contribution is 2.27. The number of urea groups is 1. The van der Waals surface area contributed by atoms with Crippen LogP contribution in [0.5, 0.6) is 11.5 Å². The molecule has 0 aliphatic carbocycles. The Balaban J connectivity index is 1.93. The van der Waals surface area contributed by atoms with Crippen LogP contribution in [-0.2, 0) is 0 Å². The summed E-state index contributed by atoms with van der Waals surface area (Å²) in [6.07, 6.45) is 2.43. The zero-order chi connectivity index (χ0) is 18.1. The molecule has 25 heavy (non-hydrogen) atoms. The van der Waals surface area contributed by atoms with Crippen molar-refractivity contribution in [1.82, 2.24) is 5.43 Å². The Morgan fingerprint density at radius 1 is 1.24 bits per heavy atom. The molecule has 0 aromatic heterocycles. The molecule has 0 atom stereocenters. The Labute approximate surface area is 151 Å². The molecule has 2 rings (SSSR count). The van der Waals surface area contributed by atoms with E-state index in [-0.39, 0.29) is 0 Å². The molecule has 0 aliphatic rings. The van der Waals surface area contributed by atoms with E-state index in [1.807, 2.05) is 19.1 Å². The Hall–Kier alpha value is -2.73. The topological polar surface area (TPSA) is 72.0 Å². The Morgan fingerprint density at radius 3 is 2.80 bits per heavy atom. The van der Waals surface area contributed by atoms with Crippen LogP contribution in [0.1, 0.15) is 18.9 Å². The number of halogens is 1. The van der Waals surface area contributed by atoms with Gasteiger partial charge in [0.05, 0.1) is 19.9 Å². The summed E-state index contributed by atoms with van der Waals surface area (Å²) in [6.45, 7) is 2.66. The molecule has 2 aromatic rings. The minimum absolute atomic E-state index is 0.464. The van der Waals surface area contributed by atoms with Gasteiger partial charge in [-0.2, -0.15) is 5.10 Å². The third-order valence-corrected chi connectivity index (χ3v) is 3.35. The number of rotatable bonds is 7. The number of carbonyl (C=O) groups excluding carboxylic acids is 1. The average molecular weight is 362 g/mol. The number of hydrogen-bond donors (Lipinski definition) is 2. The predicted molar refractivity (Wildman–Crippen MR) is 100.0 cm³/mol. The van der Waals surface area contributed by atoms with Crippen molar-refractivity contribution in [2.24, 2.45) is 5.10 Å². The SMILES string of the molecule is CCCOc1ccc(/C=N\NC(=O)Nc2cccc(Cl)c2)cc1OC. The average Bonchev–Trinajstić information content (AvgIpc) is 2.60. The molecule has 2 aromatic carbocycles.